The van der Waals surface area contributed by atoms with Crippen LogP contribution in [0.3, 0.4) is 0 Å². The van der Waals surface area contributed by atoms with Gasteiger partial charge in [0.25, 0.3) is 0 Å². The van der Waals surface area contributed by atoms with Gasteiger partial charge in [0, 0.05) is 5.69 Å². The van der Waals surface area contributed by atoms with Crippen molar-refractivity contribution in [2.75, 3.05) is 18.9 Å². The lowest BCUT2D eigenvalue weighted by atomic mass is 9.99. The largest absolute Gasteiger partial charge is 0.324 e. The van der Waals surface area contributed by atoms with E-state index in [1.165, 1.54) is 19.2 Å². The molecule has 1 aromatic rings. The van der Waals surface area contributed by atoms with Gasteiger partial charge in [0.1, 0.15) is 0 Å². The Balaban J connectivity index is 2.10. The van der Waals surface area contributed by atoms with Crippen molar-refractivity contribution >= 4 is 21.6 Å². The van der Waals surface area contributed by atoms with Crippen LogP contribution in [0.25, 0.3) is 0 Å². The maximum atomic E-state index is 12.2. The van der Waals surface area contributed by atoms with Gasteiger partial charge in [0.15, 0.2) is 0 Å². The molecule has 1 aliphatic rings. The van der Waals surface area contributed by atoms with E-state index < -0.39 is 15.6 Å². The van der Waals surface area contributed by atoms with E-state index in [0.29, 0.717) is 5.69 Å². The quantitative estimate of drug-likeness (QED) is 0.762. The molecule has 1 atom stereocenters. The minimum absolute atomic E-state index is 0.0979. The van der Waals surface area contributed by atoms with Gasteiger partial charge in [0.2, 0.25) is 15.9 Å². The van der Waals surface area contributed by atoms with E-state index in [9.17, 15) is 13.2 Å². The van der Waals surface area contributed by atoms with Crippen LogP contribution in [0.2, 0.25) is 0 Å². The Hall–Kier alpha value is -1.44. The number of amides is 1. The lowest BCUT2D eigenvalue weighted by molar-refractivity contribution is -0.121. The minimum atomic E-state index is -3.45. The van der Waals surface area contributed by atoms with Crippen molar-refractivity contribution < 1.29 is 13.2 Å². The van der Waals surface area contributed by atoms with Crippen molar-refractivity contribution in [2.45, 2.75) is 30.2 Å². The Bertz CT molecular complexity index is 590. The van der Waals surface area contributed by atoms with Crippen molar-refractivity contribution in [3.05, 3.63) is 24.3 Å². The van der Waals surface area contributed by atoms with Crippen LogP contribution >= 0.6 is 0 Å². The number of carbonyl (C=O) groups excluding carboxylic acids is 1. The number of anilines is 1. The van der Waals surface area contributed by atoms with Gasteiger partial charge in [-0.1, -0.05) is 0 Å². The molecule has 1 fully saturated rings. The number of carbonyl (C=O) groups is 1. The minimum Gasteiger partial charge on any atom is -0.324 e. The summed E-state index contributed by atoms with van der Waals surface area (Å²) >= 11 is 0. The van der Waals surface area contributed by atoms with Gasteiger partial charge in [0.05, 0.1) is 10.4 Å². The molecular formula is C13H19N3O3S. The van der Waals surface area contributed by atoms with E-state index in [2.05, 4.69) is 15.4 Å². The van der Waals surface area contributed by atoms with Crippen LogP contribution in [-0.2, 0) is 14.8 Å². The third-order valence-electron chi connectivity index (χ3n) is 3.56. The van der Waals surface area contributed by atoms with Crippen molar-refractivity contribution in [1.82, 2.24) is 10.0 Å². The molecule has 1 heterocycles. The standard InChI is InChI=1S/C13H19N3O3S/c1-13(8-3-9-15-13)12(17)16-10-4-6-11(7-5-10)20(18,19)14-2/h4-7,14-15H,3,8-9H2,1-2H3,(H,16,17). The van der Waals surface area contributed by atoms with Gasteiger partial charge in [-0.25, -0.2) is 13.1 Å². The smallest absolute Gasteiger partial charge is 0.244 e. The summed E-state index contributed by atoms with van der Waals surface area (Å²) in [5.41, 5.74) is 0.0374. The van der Waals surface area contributed by atoms with Gasteiger partial charge in [-0.2, -0.15) is 0 Å². The molecule has 6 nitrogen and oxygen atoms in total. The Morgan fingerprint density at radius 2 is 1.95 bits per heavy atom. The molecule has 20 heavy (non-hydrogen) atoms. The van der Waals surface area contributed by atoms with Crippen molar-refractivity contribution in [3.63, 3.8) is 0 Å². The lowest BCUT2D eigenvalue weighted by Gasteiger charge is -2.23. The molecule has 0 radical (unpaired) electrons. The second-order valence-electron chi connectivity index (χ2n) is 5.05. The zero-order valence-corrected chi connectivity index (χ0v) is 12.4. The van der Waals surface area contributed by atoms with Crippen LogP contribution in [-0.4, -0.2) is 33.5 Å². The van der Waals surface area contributed by atoms with Crippen LogP contribution in [0, 0.1) is 0 Å². The van der Waals surface area contributed by atoms with Crippen molar-refractivity contribution in [2.24, 2.45) is 0 Å². The highest BCUT2D eigenvalue weighted by molar-refractivity contribution is 7.89. The topological polar surface area (TPSA) is 87.3 Å². The molecule has 0 spiro atoms. The number of rotatable bonds is 4. The van der Waals surface area contributed by atoms with Crippen LogP contribution in [0.15, 0.2) is 29.2 Å². The first-order valence-corrected chi connectivity index (χ1v) is 7.96. The Morgan fingerprint density at radius 1 is 1.30 bits per heavy atom. The SMILES string of the molecule is CNS(=O)(=O)c1ccc(NC(=O)C2(C)CCCN2)cc1. The summed E-state index contributed by atoms with van der Waals surface area (Å²) in [4.78, 5) is 12.3. The van der Waals surface area contributed by atoms with Crippen molar-refractivity contribution in [1.29, 1.82) is 0 Å². The van der Waals surface area contributed by atoms with E-state index in [-0.39, 0.29) is 10.8 Å². The van der Waals surface area contributed by atoms with Gasteiger partial charge >= 0.3 is 0 Å². The Kier molecular flexibility index (Phi) is 4.12. The maximum absolute atomic E-state index is 12.2. The van der Waals surface area contributed by atoms with Gasteiger partial charge in [-0.15, -0.1) is 0 Å². The van der Waals surface area contributed by atoms with E-state index in [4.69, 9.17) is 0 Å². The first-order chi connectivity index (χ1) is 9.37. The summed E-state index contributed by atoms with van der Waals surface area (Å²) in [6.45, 7) is 2.71. The fraction of sp³-hybridized carbons (Fsp3) is 0.462. The zero-order valence-electron chi connectivity index (χ0n) is 11.6. The molecule has 1 saturated heterocycles. The average molecular weight is 297 g/mol. The predicted molar refractivity (Wildman–Crippen MR) is 77.0 cm³/mol. The van der Waals surface area contributed by atoms with E-state index in [1.807, 2.05) is 6.92 Å². The van der Waals surface area contributed by atoms with Crippen LogP contribution < -0.4 is 15.4 Å². The highest BCUT2D eigenvalue weighted by atomic mass is 32.2. The van der Waals surface area contributed by atoms with Gasteiger partial charge in [-0.3, -0.25) is 4.79 Å². The Morgan fingerprint density at radius 3 is 2.45 bits per heavy atom. The third-order valence-corrected chi connectivity index (χ3v) is 4.99. The number of hydrogen-bond donors (Lipinski definition) is 3. The molecule has 0 bridgehead atoms. The van der Waals surface area contributed by atoms with E-state index >= 15 is 0 Å². The van der Waals surface area contributed by atoms with Crippen LogP contribution in [0.4, 0.5) is 5.69 Å². The number of sulfonamides is 1. The molecular weight excluding hydrogens is 278 g/mol. The summed E-state index contributed by atoms with van der Waals surface area (Å²) in [6, 6.07) is 6.10. The van der Waals surface area contributed by atoms with E-state index in [1.54, 1.807) is 12.1 Å². The summed E-state index contributed by atoms with van der Waals surface area (Å²) in [5, 5.41) is 5.98. The number of hydrogen-bond acceptors (Lipinski definition) is 4. The zero-order chi connectivity index (χ0) is 14.8. The lowest BCUT2D eigenvalue weighted by Crippen LogP contribution is -2.47. The van der Waals surface area contributed by atoms with Crippen LogP contribution in [0.1, 0.15) is 19.8 Å². The third kappa shape index (κ3) is 3.00. The molecule has 7 heteroatoms. The Labute approximate surface area is 119 Å². The summed E-state index contributed by atoms with van der Waals surface area (Å²) < 4.78 is 25.4. The summed E-state index contributed by atoms with van der Waals surface area (Å²) in [6.07, 6.45) is 1.77. The summed E-state index contributed by atoms with van der Waals surface area (Å²) in [5.74, 6) is -0.0979. The maximum Gasteiger partial charge on any atom is 0.244 e. The molecule has 2 rings (SSSR count). The number of benzene rings is 1. The highest BCUT2D eigenvalue weighted by Crippen LogP contribution is 2.21. The fourth-order valence-corrected chi connectivity index (χ4v) is 2.92. The van der Waals surface area contributed by atoms with Crippen LogP contribution in [0.5, 0.6) is 0 Å². The molecule has 3 N–H and O–H groups in total. The second kappa shape index (κ2) is 5.51. The number of nitrogens with one attached hydrogen (secondary N) is 3. The predicted octanol–water partition coefficient (Wildman–Crippen LogP) is 0.675. The molecule has 1 aliphatic heterocycles. The average Bonchev–Trinajstić information content (AvgIpc) is 2.88. The van der Waals surface area contributed by atoms with Gasteiger partial charge < -0.3 is 10.6 Å². The normalized spacial score (nSPS) is 22.7. The molecule has 1 aromatic carbocycles. The highest BCUT2D eigenvalue weighted by Gasteiger charge is 2.35. The molecule has 0 aromatic heterocycles. The first-order valence-electron chi connectivity index (χ1n) is 6.47. The van der Waals surface area contributed by atoms with E-state index in [0.717, 1.165) is 19.4 Å². The first kappa shape index (κ1) is 15.0. The molecule has 1 unspecified atom stereocenters. The fourth-order valence-electron chi connectivity index (χ4n) is 2.19. The molecule has 1 amide bonds. The molecule has 110 valence electrons. The van der Waals surface area contributed by atoms with Crippen molar-refractivity contribution in [3.8, 4) is 0 Å². The monoisotopic (exact) mass is 297 g/mol. The second-order valence-corrected chi connectivity index (χ2v) is 6.94. The van der Waals surface area contributed by atoms with Gasteiger partial charge in [-0.05, 0) is 57.6 Å². The molecule has 0 saturated carbocycles. The summed E-state index contributed by atoms with van der Waals surface area (Å²) in [7, 11) is -2.09. The molecule has 0 aliphatic carbocycles.